The zero-order valence-corrected chi connectivity index (χ0v) is 14.2. The molecule has 3 amide bonds. The lowest BCUT2D eigenvalue weighted by Crippen LogP contribution is -2.74. The van der Waals surface area contributed by atoms with E-state index in [0.717, 1.165) is 18.8 Å². The Bertz CT molecular complexity index is 608. The first-order valence-corrected chi connectivity index (χ1v) is 8.20. The summed E-state index contributed by atoms with van der Waals surface area (Å²) in [6.07, 6.45) is 0. The maximum atomic E-state index is 12.4. The number of nitrogens with zero attached hydrogens (tertiary/aromatic N) is 3. The molecule has 1 aromatic rings. The quantitative estimate of drug-likeness (QED) is 0.884. The van der Waals surface area contributed by atoms with Crippen molar-refractivity contribution in [1.29, 1.82) is 0 Å². The van der Waals surface area contributed by atoms with Gasteiger partial charge in [0.15, 0.2) is 0 Å². The van der Waals surface area contributed by atoms with Gasteiger partial charge in [0.25, 0.3) is 5.91 Å². The van der Waals surface area contributed by atoms with Gasteiger partial charge in [0.05, 0.1) is 0 Å². The van der Waals surface area contributed by atoms with Crippen LogP contribution in [0.2, 0.25) is 0 Å². The van der Waals surface area contributed by atoms with Crippen LogP contribution in [0.3, 0.4) is 0 Å². The predicted octanol–water partition coefficient (Wildman–Crippen LogP) is 1.41. The van der Waals surface area contributed by atoms with Crippen LogP contribution in [0, 0.1) is 5.41 Å². The lowest BCUT2D eigenvalue weighted by molar-refractivity contribution is -0.0782. The van der Waals surface area contributed by atoms with Crippen LogP contribution in [0.25, 0.3) is 0 Å². The molecule has 0 atom stereocenters. The van der Waals surface area contributed by atoms with Crippen LogP contribution in [0.5, 0.6) is 0 Å². The van der Waals surface area contributed by atoms with Crippen molar-refractivity contribution in [3.05, 3.63) is 17.5 Å². The maximum Gasteiger partial charge on any atom is 0.317 e. The number of hydrogen-bond acceptors (Lipinski definition) is 3. The molecule has 126 valence electrons. The molecule has 0 aromatic carbocycles. The molecule has 0 aliphatic carbocycles. The highest BCUT2D eigenvalue weighted by Crippen LogP contribution is 2.40. The Morgan fingerprint density at radius 3 is 2.30 bits per heavy atom. The number of hydrogen-bond donors (Lipinski definition) is 2. The number of nitrogens with one attached hydrogen (secondary N) is 2. The molecule has 0 bridgehead atoms. The topological polar surface area (TPSA) is 81.3 Å². The molecule has 2 fully saturated rings. The Morgan fingerprint density at radius 2 is 1.78 bits per heavy atom. The highest BCUT2D eigenvalue weighted by atomic mass is 16.2. The molecule has 1 aromatic heterocycles. The van der Waals surface area contributed by atoms with Crippen molar-refractivity contribution >= 4 is 11.9 Å². The number of amides is 3. The summed E-state index contributed by atoms with van der Waals surface area (Å²) in [5, 5.41) is 9.93. The average Bonchev–Trinajstić information content (AvgIpc) is 2.83. The van der Waals surface area contributed by atoms with Crippen LogP contribution in [0.4, 0.5) is 4.79 Å². The van der Waals surface area contributed by atoms with Crippen molar-refractivity contribution in [3.8, 4) is 0 Å². The number of H-pyrrole nitrogens is 1. The van der Waals surface area contributed by atoms with Gasteiger partial charge in [-0.05, 0) is 25.8 Å². The van der Waals surface area contributed by atoms with Gasteiger partial charge in [-0.15, -0.1) is 0 Å². The van der Waals surface area contributed by atoms with Crippen LogP contribution < -0.4 is 5.32 Å². The first-order chi connectivity index (χ1) is 10.8. The number of likely N-dealkylation sites (tertiary alicyclic amines) is 2. The summed E-state index contributed by atoms with van der Waals surface area (Å²) in [4.78, 5) is 27.9. The second-order valence-electron chi connectivity index (χ2n) is 7.48. The largest absolute Gasteiger partial charge is 0.336 e. The van der Waals surface area contributed by atoms with Crippen LogP contribution in [0.1, 0.15) is 49.8 Å². The van der Waals surface area contributed by atoms with Crippen LogP contribution >= 0.6 is 0 Å². The van der Waals surface area contributed by atoms with E-state index in [2.05, 4.69) is 29.4 Å². The zero-order chi connectivity index (χ0) is 16.8. The molecule has 3 heterocycles. The van der Waals surface area contributed by atoms with E-state index in [4.69, 9.17) is 0 Å². The smallest absolute Gasteiger partial charge is 0.317 e. The van der Waals surface area contributed by atoms with Crippen LogP contribution in [0.15, 0.2) is 6.07 Å². The second kappa shape index (κ2) is 5.54. The van der Waals surface area contributed by atoms with Crippen molar-refractivity contribution in [2.45, 2.75) is 39.7 Å². The lowest BCUT2D eigenvalue weighted by Gasteiger charge is -2.59. The number of aromatic nitrogens is 2. The van der Waals surface area contributed by atoms with Gasteiger partial charge in [0, 0.05) is 43.3 Å². The lowest BCUT2D eigenvalue weighted by atomic mass is 9.73. The van der Waals surface area contributed by atoms with E-state index < -0.39 is 0 Å². The molecule has 0 unspecified atom stereocenters. The van der Waals surface area contributed by atoms with E-state index in [1.807, 2.05) is 29.7 Å². The summed E-state index contributed by atoms with van der Waals surface area (Å²) in [6.45, 7) is 10.9. The van der Waals surface area contributed by atoms with Gasteiger partial charge < -0.3 is 15.1 Å². The van der Waals surface area contributed by atoms with E-state index in [1.165, 1.54) is 0 Å². The number of rotatable bonds is 3. The molecule has 23 heavy (non-hydrogen) atoms. The molecule has 0 saturated carbocycles. The Kier molecular flexibility index (Phi) is 3.82. The molecular weight excluding hydrogens is 294 g/mol. The summed E-state index contributed by atoms with van der Waals surface area (Å²) in [6, 6.07) is 1.97. The Labute approximate surface area is 136 Å². The van der Waals surface area contributed by atoms with Gasteiger partial charge in [-0.3, -0.25) is 9.89 Å². The number of carbonyl (C=O) groups excluding carboxylic acids is 2. The third kappa shape index (κ3) is 2.92. The third-order valence-electron chi connectivity index (χ3n) is 4.53. The molecule has 2 aliphatic rings. The molecule has 3 rings (SSSR count). The monoisotopic (exact) mass is 319 g/mol. The minimum atomic E-state index is -0.0242. The third-order valence-corrected chi connectivity index (χ3v) is 4.53. The van der Waals surface area contributed by atoms with Gasteiger partial charge >= 0.3 is 6.03 Å². The Morgan fingerprint density at radius 1 is 1.17 bits per heavy atom. The Balaban J connectivity index is 1.50. The van der Waals surface area contributed by atoms with Gasteiger partial charge in [0.2, 0.25) is 0 Å². The predicted molar refractivity (Wildman–Crippen MR) is 86.3 cm³/mol. The van der Waals surface area contributed by atoms with Crippen molar-refractivity contribution in [1.82, 2.24) is 25.3 Å². The number of carbonyl (C=O) groups is 2. The van der Waals surface area contributed by atoms with Crippen molar-refractivity contribution in [3.63, 3.8) is 0 Å². The summed E-state index contributed by atoms with van der Waals surface area (Å²) in [5.41, 5.74) is 1.56. The molecule has 1 spiro atoms. The first-order valence-electron chi connectivity index (χ1n) is 8.20. The summed E-state index contributed by atoms with van der Waals surface area (Å²) >= 11 is 0. The van der Waals surface area contributed by atoms with Gasteiger partial charge in [-0.25, -0.2) is 4.79 Å². The molecule has 2 aliphatic heterocycles. The highest BCUT2D eigenvalue weighted by molar-refractivity contribution is 5.93. The van der Waals surface area contributed by atoms with E-state index in [0.29, 0.717) is 24.7 Å². The summed E-state index contributed by atoms with van der Waals surface area (Å²) in [7, 11) is 0. The van der Waals surface area contributed by atoms with Crippen molar-refractivity contribution in [2.75, 3.05) is 26.2 Å². The first kappa shape index (κ1) is 15.8. The molecular formula is C16H25N5O2. The average molecular weight is 319 g/mol. The standard InChI is InChI=1S/C16H25N5O2/c1-10(2)12-5-13(19-18-12)14(22)20-6-16(7-20)8-21(9-16)15(23)17-11(3)4/h5,10-11H,6-9H2,1-4H3,(H,17,23)(H,18,19). The molecule has 2 N–H and O–H groups in total. The molecule has 7 nitrogen and oxygen atoms in total. The fraction of sp³-hybridized carbons (Fsp3) is 0.688. The van der Waals surface area contributed by atoms with E-state index in [1.54, 1.807) is 0 Å². The minimum absolute atomic E-state index is 0.00993. The summed E-state index contributed by atoms with van der Waals surface area (Å²) in [5.74, 6) is 0.301. The van der Waals surface area contributed by atoms with Gasteiger partial charge in [-0.1, -0.05) is 13.8 Å². The number of urea groups is 1. The minimum Gasteiger partial charge on any atom is -0.336 e. The zero-order valence-electron chi connectivity index (χ0n) is 14.2. The van der Waals surface area contributed by atoms with E-state index in [9.17, 15) is 9.59 Å². The van der Waals surface area contributed by atoms with Gasteiger partial charge in [-0.2, -0.15) is 5.10 Å². The van der Waals surface area contributed by atoms with Crippen molar-refractivity contribution < 1.29 is 9.59 Å². The SMILES string of the molecule is CC(C)NC(=O)N1CC2(C1)CN(C(=O)c1cc(C(C)C)[nH]n1)C2. The highest BCUT2D eigenvalue weighted by Gasteiger charge is 2.54. The van der Waals surface area contributed by atoms with Crippen LogP contribution in [-0.4, -0.2) is 64.2 Å². The molecule has 2 saturated heterocycles. The number of aromatic amines is 1. The van der Waals surface area contributed by atoms with Crippen LogP contribution in [-0.2, 0) is 0 Å². The molecule has 0 radical (unpaired) electrons. The van der Waals surface area contributed by atoms with Crippen molar-refractivity contribution in [2.24, 2.45) is 5.41 Å². The fourth-order valence-corrected chi connectivity index (χ4v) is 3.26. The van der Waals surface area contributed by atoms with E-state index >= 15 is 0 Å². The van der Waals surface area contributed by atoms with E-state index in [-0.39, 0.29) is 23.4 Å². The fourth-order valence-electron chi connectivity index (χ4n) is 3.26. The van der Waals surface area contributed by atoms with Gasteiger partial charge in [0.1, 0.15) is 5.69 Å². The second-order valence-corrected chi connectivity index (χ2v) is 7.48. The summed E-state index contributed by atoms with van der Waals surface area (Å²) < 4.78 is 0. The maximum absolute atomic E-state index is 12.4. The Hall–Kier alpha value is -2.05. The normalized spacial score (nSPS) is 19.0. The molecule has 7 heteroatoms.